The van der Waals surface area contributed by atoms with Crippen molar-refractivity contribution in [1.82, 2.24) is 0 Å². The zero-order valence-corrected chi connectivity index (χ0v) is 23.4. The van der Waals surface area contributed by atoms with Gasteiger partial charge in [-0.3, -0.25) is 9.59 Å². The Hall–Kier alpha value is -3.55. The maximum Gasteiger partial charge on any atom is 0.350 e. The molecule has 6 aliphatic rings. The molecule has 224 valence electrons. The van der Waals surface area contributed by atoms with E-state index in [4.69, 9.17) is 28.4 Å². The minimum Gasteiger partial charge on any atom is -0.459 e. The van der Waals surface area contributed by atoms with E-state index in [9.17, 15) is 34.2 Å². The minimum atomic E-state index is -2.39. The Morgan fingerprint density at radius 1 is 1.05 bits per heavy atom. The smallest absolute Gasteiger partial charge is 0.350 e. The Balaban J connectivity index is 1.44. The van der Waals surface area contributed by atoms with E-state index in [0.29, 0.717) is 0 Å². The summed E-state index contributed by atoms with van der Waals surface area (Å²) in [7, 11) is 0. The summed E-state index contributed by atoms with van der Waals surface area (Å²) in [4.78, 5) is 65.6. The van der Waals surface area contributed by atoms with Crippen molar-refractivity contribution < 1.29 is 62.6 Å². The molecule has 6 fully saturated rings. The molecular formula is C29H30O13. The van der Waals surface area contributed by atoms with Crippen LogP contribution < -0.4 is 4.74 Å². The summed E-state index contributed by atoms with van der Waals surface area (Å²) in [6.07, 6.45) is -7.69. The van der Waals surface area contributed by atoms with E-state index in [1.807, 2.05) is 20.8 Å². The Bertz CT molecular complexity index is 1480. The van der Waals surface area contributed by atoms with Crippen molar-refractivity contribution in [1.29, 1.82) is 0 Å². The average Bonchev–Trinajstić information content (AvgIpc) is 3.62. The molecule has 11 atom stereocenters. The largest absolute Gasteiger partial charge is 0.459 e. The number of esters is 5. The number of carbonyl (C=O) groups is 5. The summed E-state index contributed by atoms with van der Waals surface area (Å²) in [6.45, 7) is 8.15. The minimum absolute atomic E-state index is 0.105. The van der Waals surface area contributed by atoms with Crippen molar-refractivity contribution in [3.8, 4) is 5.75 Å². The first-order chi connectivity index (χ1) is 19.6. The van der Waals surface area contributed by atoms with E-state index in [1.165, 1.54) is 25.1 Å². The lowest BCUT2D eigenvalue weighted by Gasteiger charge is -2.48. The molecule has 2 aliphatic carbocycles. The zero-order chi connectivity index (χ0) is 30.4. The number of aliphatic hydroxyl groups excluding tert-OH is 1. The van der Waals surface area contributed by atoms with Gasteiger partial charge in [0.2, 0.25) is 18.0 Å². The molecule has 2 N–H and O–H groups in total. The molecule has 1 aromatic carbocycles. The number of aliphatic hydroxyl groups is 2. The predicted molar refractivity (Wildman–Crippen MR) is 133 cm³/mol. The van der Waals surface area contributed by atoms with Crippen LogP contribution in [0.5, 0.6) is 5.75 Å². The number of rotatable bonds is 3. The topological polar surface area (TPSA) is 181 Å². The van der Waals surface area contributed by atoms with Crippen LogP contribution in [0.1, 0.15) is 51.4 Å². The molecular weight excluding hydrogens is 556 g/mol. The van der Waals surface area contributed by atoms with Gasteiger partial charge in [0.25, 0.3) is 0 Å². The first kappa shape index (κ1) is 27.3. The highest BCUT2D eigenvalue weighted by Crippen LogP contribution is 2.84. The lowest BCUT2D eigenvalue weighted by Crippen LogP contribution is -2.67. The van der Waals surface area contributed by atoms with Crippen molar-refractivity contribution in [3.05, 3.63) is 29.8 Å². The van der Waals surface area contributed by atoms with E-state index >= 15 is 0 Å². The summed E-state index contributed by atoms with van der Waals surface area (Å²) < 4.78 is 34.4. The van der Waals surface area contributed by atoms with Crippen LogP contribution in [0, 0.1) is 28.1 Å². The molecule has 2 saturated carbocycles. The van der Waals surface area contributed by atoms with Crippen molar-refractivity contribution in [2.75, 3.05) is 0 Å². The number of benzene rings is 1. The molecule has 0 bridgehead atoms. The van der Waals surface area contributed by atoms with Crippen LogP contribution in [-0.2, 0) is 42.9 Å². The molecule has 42 heavy (non-hydrogen) atoms. The molecule has 0 aromatic heterocycles. The van der Waals surface area contributed by atoms with Gasteiger partial charge in [-0.2, -0.15) is 0 Å². The molecule has 1 aromatic rings. The molecule has 0 amide bonds. The van der Waals surface area contributed by atoms with Crippen LogP contribution in [0.3, 0.4) is 0 Å². The zero-order valence-electron chi connectivity index (χ0n) is 23.4. The SMILES string of the molecule is CC(=O)Oc1ccccc1C(=O)O[C@H]1C(=O)O[C@H]2O[C@]34C(=O)OC5C[C@@H](C(C)(C)C)C21[C@@]53[C@@H](O)[C@@H]1OC(=O)[C@@H](C)[C@@]14O. The first-order valence-electron chi connectivity index (χ1n) is 13.8. The van der Waals surface area contributed by atoms with Crippen LogP contribution in [0.4, 0.5) is 0 Å². The molecule has 2 unspecified atom stereocenters. The number of hydrogen-bond donors (Lipinski definition) is 2. The number of ether oxygens (including phenoxy) is 6. The predicted octanol–water partition coefficient (Wildman–Crippen LogP) is 0.421. The van der Waals surface area contributed by atoms with E-state index in [-0.39, 0.29) is 17.7 Å². The second-order valence-corrected chi connectivity index (χ2v) is 13.1. The van der Waals surface area contributed by atoms with E-state index < -0.39 is 99.8 Å². The lowest BCUT2D eigenvalue weighted by molar-refractivity contribution is -0.239. The molecule has 13 nitrogen and oxygen atoms in total. The first-order valence-corrected chi connectivity index (χ1v) is 13.8. The fourth-order valence-corrected chi connectivity index (χ4v) is 9.29. The molecule has 7 rings (SSSR count). The summed E-state index contributed by atoms with van der Waals surface area (Å²) in [5, 5.41) is 24.4. The van der Waals surface area contributed by atoms with Crippen molar-refractivity contribution in [2.24, 2.45) is 28.1 Å². The molecule has 13 heteroatoms. The second-order valence-electron chi connectivity index (χ2n) is 13.1. The fourth-order valence-electron chi connectivity index (χ4n) is 9.29. The lowest BCUT2D eigenvalue weighted by atomic mass is 9.51. The van der Waals surface area contributed by atoms with Gasteiger partial charge in [-0.25, -0.2) is 14.4 Å². The third-order valence-electron chi connectivity index (χ3n) is 10.6. The van der Waals surface area contributed by atoms with E-state index in [0.717, 1.165) is 6.92 Å². The summed E-state index contributed by atoms with van der Waals surface area (Å²) in [5.41, 5.74) is -9.29. The Labute approximate surface area is 239 Å². The second kappa shape index (κ2) is 7.88. The standard InChI is InChI=1S/C29H30O13/c1-11-20(32)39-18-17(31)27-16-10-15(25(3,4)5)26(27)19(40-21(33)13-8-6-7-9-14(13)37-12(2)30)22(34)41-24(26)42-29(27,23(35)38-16)28(11,18)36/h6-9,11,15-19,24,31,36H,10H2,1-5H3/t11-,15+,16?,17+,18+,19+,24+,26?,27+,28-,29-/m1/s1. The number of hydrogen-bond acceptors (Lipinski definition) is 13. The third-order valence-corrected chi connectivity index (χ3v) is 10.6. The average molecular weight is 587 g/mol. The number of carbonyl (C=O) groups excluding carboxylic acids is 5. The normalized spacial score (nSPS) is 45.9. The highest BCUT2D eigenvalue weighted by molar-refractivity contribution is 5.97. The monoisotopic (exact) mass is 586 g/mol. The summed E-state index contributed by atoms with van der Waals surface area (Å²) >= 11 is 0. The number of fused-ring (bicyclic) bond motifs is 1. The molecule has 4 heterocycles. The van der Waals surface area contributed by atoms with E-state index in [2.05, 4.69) is 0 Å². The van der Waals surface area contributed by atoms with Crippen molar-refractivity contribution in [2.45, 2.75) is 82.9 Å². The molecule has 4 saturated heterocycles. The van der Waals surface area contributed by atoms with E-state index in [1.54, 1.807) is 6.07 Å². The van der Waals surface area contributed by atoms with Crippen LogP contribution in [0.25, 0.3) is 0 Å². The van der Waals surface area contributed by atoms with Crippen LogP contribution >= 0.6 is 0 Å². The van der Waals surface area contributed by atoms with Gasteiger partial charge in [0.1, 0.15) is 23.5 Å². The highest BCUT2D eigenvalue weighted by Gasteiger charge is 3.04. The summed E-state index contributed by atoms with van der Waals surface area (Å²) in [5.74, 6) is -6.65. The quantitative estimate of drug-likeness (QED) is 0.283. The van der Waals surface area contributed by atoms with Gasteiger partial charge in [0.15, 0.2) is 11.7 Å². The van der Waals surface area contributed by atoms with Gasteiger partial charge in [-0.15, -0.1) is 0 Å². The maximum absolute atomic E-state index is 13.9. The maximum atomic E-state index is 13.9. The van der Waals surface area contributed by atoms with Crippen LogP contribution in [0.15, 0.2) is 24.3 Å². The molecule has 2 spiro atoms. The Morgan fingerprint density at radius 3 is 2.40 bits per heavy atom. The van der Waals surface area contributed by atoms with Crippen LogP contribution in [0.2, 0.25) is 0 Å². The van der Waals surface area contributed by atoms with Crippen molar-refractivity contribution in [3.63, 3.8) is 0 Å². The fraction of sp³-hybridized carbons (Fsp3) is 0.621. The van der Waals surface area contributed by atoms with Gasteiger partial charge >= 0.3 is 29.8 Å². The number of para-hydroxylation sites is 1. The van der Waals surface area contributed by atoms with Crippen LogP contribution in [-0.4, -0.2) is 82.0 Å². The molecule has 0 radical (unpaired) electrons. The van der Waals surface area contributed by atoms with Gasteiger partial charge < -0.3 is 38.6 Å². The highest BCUT2D eigenvalue weighted by atomic mass is 16.8. The third kappa shape index (κ3) is 2.57. The van der Waals surface area contributed by atoms with Gasteiger partial charge in [0.05, 0.1) is 16.7 Å². The van der Waals surface area contributed by atoms with Gasteiger partial charge in [0, 0.05) is 6.92 Å². The van der Waals surface area contributed by atoms with Gasteiger partial charge in [-0.05, 0) is 36.8 Å². The molecule has 4 aliphatic heterocycles. The summed E-state index contributed by atoms with van der Waals surface area (Å²) in [6, 6.07) is 5.79. The Kier molecular flexibility index (Phi) is 5.12. The van der Waals surface area contributed by atoms with Gasteiger partial charge in [-0.1, -0.05) is 32.9 Å². The Morgan fingerprint density at radius 2 is 1.74 bits per heavy atom. The van der Waals surface area contributed by atoms with Crippen molar-refractivity contribution >= 4 is 29.8 Å².